The number of hydroxylamine groups is 2. The number of benzene rings is 1. The van der Waals surface area contributed by atoms with Crippen LogP contribution in [-0.2, 0) is 33.5 Å². The number of carbonyl (C=O) groups is 7. The Morgan fingerprint density at radius 1 is 0.750 bits per heavy atom. The number of imide groups is 1. The Morgan fingerprint density at radius 3 is 1.88 bits per heavy atom. The zero-order valence-corrected chi connectivity index (χ0v) is 34.8. The molecule has 0 aromatic heterocycles. The summed E-state index contributed by atoms with van der Waals surface area (Å²) in [5, 5.41) is 3.11. The molecule has 0 atom stereocenters. The number of ether oxygens (including phenoxy) is 3. The van der Waals surface area contributed by atoms with Crippen LogP contribution in [0.5, 0.6) is 5.75 Å². The molecule has 0 spiro atoms. The molecule has 0 saturated carbocycles. The average Bonchev–Trinajstić information content (AvgIpc) is 3.42. The van der Waals surface area contributed by atoms with Crippen molar-refractivity contribution < 1.29 is 52.6 Å². The van der Waals surface area contributed by atoms with Gasteiger partial charge in [-0.15, -0.1) is 5.06 Å². The van der Waals surface area contributed by atoms with Crippen molar-refractivity contribution in [2.75, 3.05) is 52.9 Å². The molecule has 1 aromatic rings. The first kappa shape index (κ1) is 47.3. The zero-order chi connectivity index (χ0) is 42.1. The molecule has 6 amide bonds. The Kier molecular flexibility index (Phi) is 19.1. The Bertz CT molecular complexity index is 1500. The number of carbonyl (C=O) groups excluding carboxylic acids is 7. The van der Waals surface area contributed by atoms with Crippen LogP contribution < -0.4 is 10.1 Å². The zero-order valence-electron chi connectivity index (χ0n) is 34.8. The lowest BCUT2D eigenvalue weighted by atomic mass is 10.1. The number of amides is 6. The van der Waals surface area contributed by atoms with Gasteiger partial charge in [0.2, 0.25) is 5.91 Å². The van der Waals surface area contributed by atoms with Gasteiger partial charge < -0.3 is 39.1 Å². The molecule has 1 aliphatic rings. The summed E-state index contributed by atoms with van der Waals surface area (Å²) >= 11 is 0. The van der Waals surface area contributed by atoms with Crippen LogP contribution in [-0.4, -0.2) is 126 Å². The molecular weight excluding hydrogens is 726 g/mol. The SMILES string of the molecule is CCCCN(CCCN(CCCN(CCCNC(=O)OC(C)(C)C)C(=O)CCC(=O)ON1C(=O)CCC1=O)C(=O)OC(C)(C)C)C(=O)c1ccc(C)c(OC)c1. The minimum Gasteiger partial charge on any atom is -0.496 e. The molecule has 1 fully saturated rings. The molecule has 1 aliphatic heterocycles. The molecule has 314 valence electrons. The van der Waals surface area contributed by atoms with Crippen LogP contribution in [0.15, 0.2) is 18.2 Å². The van der Waals surface area contributed by atoms with Gasteiger partial charge in [-0.1, -0.05) is 19.4 Å². The Labute approximate surface area is 331 Å². The molecule has 0 unspecified atom stereocenters. The van der Waals surface area contributed by atoms with Crippen molar-refractivity contribution in [1.29, 1.82) is 0 Å². The number of nitrogens with one attached hydrogen (secondary N) is 1. The van der Waals surface area contributed by atoms with E-state index in [0.717, 1.165) is 18.4 Å². The number of alkyl carbamates (subject to hydrolysis) is 1. The summed E-state index contributed by atoms with van der Waals surface area (Å²) in [5.41, 5.74) is 0.00403. The minimum atomic E-state index is -0.891. The molecule has 1 saturated heterocycles. The van der Waals surface area contributed by atoms with Gasteiger partial charge in [0.1, 0.15) is 17.0 Å². The number of hydrogen-bond acceptors (Lipinski definition) is 11. The highest BCUT2D eigenvalue weighted by molar-refractivity contribution is 6.01. The van der Waals surface area contributed by atoms with Crippen LogP contribution >= 0.6 is 0 Å². The maximum atomic E-state index is 13.6. The highest BCUT2D eigenvalue weighted by Crippen LogP contribution is 2.21. The largest absolute Gasteiger partial charge is 0.496 e. The van der Waals surface area contributed by atoms with Gasteiger partial charge in [-0.3, -0.25) is 19.2 Å². The number of nitrogens with zero attached hydrogens (tertiary/aromatic N) is 4. The van der Waals surface area contributed by atoms with E-state index in [0.29, 0.717) is 48.7 Å². The van der Waals surface area contributed by atoms with Crippen LogP contribution in [0.2, 0.25) is 0 Å². The quantitative estimate of drug-likeness (QED) is 0.125. The van der Waals surface area contributed by atoms with E-state index in [1.165, 1.54) is 4.90 Å². The number of aryl methyl sites for hydroxylation is 1. The smallest absolute Gasteiger partial charge is 0.410 e. The number of hydrogen-bond donors (Lipinski definition) is 1. The molecule has 0 bridgehead atoms. The minimum absolute atomic E-state index is 0.0468. The maximum Gasteiger partial charge on any atom is 0.410 e. The van der Waals surface area contributed by atoms with Gasteiger partial charge in [0, 0.05) is 70.6 Å². The summed E-state index contributed by atoms with van der Waals surface area (Å²) in [6.45, 7) is 16.6. The summed E-state index contributed by atoms with van der Waals surface area (Å²) in [6, 6.07) is 5.37. The highest BCUT2D eigenvalue weighted by atomic mass is 16.7. The van der Waals surface area contributed by atoms with Crippen LogP contribution in [0.3, 0.4) is 0 Å². The lowest BCUT2D eigenvalue weighted by Gasteiger charge is -2.30. The molecule has 56 heavy (non-hydrogen) atoms. The fourth-order valence-corrected chi connectivity index (χ4v) is 5.63. The van der Waals surface area contributed by atoms with E-state index in [1.54, 1.807) is 70.6 Å². The normalized spacial score (nSPS) is 12.9. The van der Waals surface area contributed by atoms with Gasteiger partial charge in [0.05, 0.1) is 13.5 Å². The monoisotopic (exact) mass is 789 g/mol. The van der Waals surface area contributed by atoms with Gasteiger partial charge in [-0.25, -0.2) is 14.4 Å². The summed E-state index contributed by atoms with van der Waals surface area (Å²) in [7, 11) is 1.57. The lowest BCUT2D eigenvalue weighted by Crippen LogP contribution is -2.41. The highest BCUT2D eigenvalue weighted by Gasteiger charge is 2.33. The van der Waals surface area contributed by atoms with E-state index in [9.17, 15) is 33.6 Å². The van der Waals surface area contributed by atoms with Gasteiger partial charge in [-0.05, 0) is 91.8 Å². The standard InChI is InChI=1S/C40H63N5O11/c1-10-11-22-43(36(50)30-16-15-29(2)31(28-30)53-9)25-14-27-44(38(52)55-40(6,7)8)26-13-24-42(23-12-21-41-37(51)54-39(3,4)5)32(46)19-20-35(49)56-45-33(47)17-18-34(45)48/h15-16,28H,10-14,17-27H2,1-9H3,(H,41,51). The first-order valence-electron chi connectivity index (χ1n) is 19.5. The summed E-state index contributed by atoms with van der Waals surface area (Å²) in [6.07, 6.45) is 1.08. The predicted molar refractivity (Wildman–Crippen MR) is 207 cm³/mol. The van der Waals surface area contributed by atoms with E-state index in [-0.39, 0.29) is 70.2 Å². The second-order valence-electron chi connectivity index (χ2n) is 15.7. The number of rotatable bonds is 21. The molecule has 0 radical (unpaired) electrons. The van der Waals surface area contributed by atoms with Gasteiger partial charge >= 0.3 is 18.2 Å². The lowest BCUT2D eigenvalue weighted by molar-refractivity contribution is -0.197. The summed E-state index contributed by atoms with van der Waals surface area (Å²) in [5.74, 6) is -2.01. The number of unbranched alkanes of at least 4 members (excludes halogenated alkanes) is 1. The van der Waals surface area contributed by atoms with E-state index >= 15 is 0 Å². The number of methoxy groups -OCH3 is 1. The fourth-order valence-electron chi connectivity index (χ4n) is 5.63. The molecule has 0 aliphatic carbocycles. The topological polar surface area (TPSA) is 181 Å². The van der Waals surface area contributed by atoms with Crippen molar-refractivity contribution in [3.8, 4) is 5.75 Å². The third-order valence-corrected chi connectivity index (χ3v) is 8.46. The van der Waals surface area contributed by atoms with Crippen molar-refractivity contribution in [2.24, 2.45) is 0 Å². The Hall–Kier alpha value is -4.89. The molecular formula is C40H63N5O11. The van der Waals surface area contributed by atoms with Crippen LogP contribution in [0, 0.1) is 6.92 Å². The van der Waals surface area contributed by atoms with Crippen molar-refractivity contribution in [1.82, 2.24) is 25.1 Å². The van der Waals surface area contributed by atoms with E-state index in [4.69, 9.17) is 19.0 Å². The predicted octanol–water partition coefficient (Wildman–Crippen LogP) is 5.39. The van der Waals surface area contributed by atoms with E-state index < -0.39 is 41.2 Å². The summed E-state index contributed by atoms with van der Waals surface area (Å²) < 4.78 is 16.4. The third kappa shape index (κ3) is 17.3. The third-order valence-electron chi connectivity index (χ3n) is 8.46. The van der Waals surface area contributed by atoms with E-state index in [1.807, 2.05) is 13.0 Å². The molecule has 16 heteroatoms. The van der Waals surface area contributed by atoms with Crippen molar-refractivity contribution >= 4 is 41.8 Å². The van der Waals surface area contributed by atoms with Crippen molar-refractivity contribution in [3.63, 3.8) is 0 Å². The molecule has 1 heterocycles. The van der Waals surface area contributed by atoms with Crippen molar-refractivity contribution in [2.45, 2.75) is 124 Å². The van der Waals surface area contributed by atoms with Gasteiger partial charge in [0.25, 0.3) is 17.7 Å². The first-order valence-corrected chi connectivity index (χ1v) is 19.5. The second kappa shape index (κ2) is 22.6. The fraction of sp³-hybridized carbons (Fsp3) is 0.675. The molecule has 2 rings (SSSR count). The van der Waals surface area contributed by atoms with Gasteiger partial charge in [0.15, 0.2) is 0 Å². The van der Waals surface area contributed by atoms with Gasteiger partial charge in [-0.2, -0.15) is 0 Å². The van der Waals surface area contributed by atoms with Crippen molar-refractivity contribution in [3.05, 3.63) is 29.3 Å². The maximum absolute atomic E-state index is 13.6. The van der Waals surface area contributed by atoms with Crippen LogP contribution in [0.25, 0.3) is 0 Å². The average molecular weight is 790 g/mol. The van der Waals surface area contributed by atoms with E-state index in [2.05, 4.69) is 12.2 Å². The second-order valence-corrected chi connectivity index (χ2v) is 15.7. The van der Waals surface area contributed by atoms with Crippen LogP contribution in [0.1, 0.15) is 122 Å². The first-order chi connectivity index (χ1) is 26.2. The molecule has 16 nitrogen and oxygen atoms in total. The van der Waals surface area contributed by atoms with Crippen LogP contribution in [0.4, 0.5) is 9.59 Å². The Balaban J connectivity index is 2.12. The molecule has 1 N–H and O–H groups in total. The molecule has 1 aromatic carbocycles. The summed E-state index contributed by atoms with van der Waals surface area (Å²) in [4.78, 5) is 98.5. The Morgan fingerprint density at radius 2 is 1.30 bits per heavy atom.